The summed E-state index contributed by atoms with van der Waals surface area (Å²) < 4.78 is 0. The molecule has 0 aliphatic heterocycles. The summed E-state index contributed by atoms with van der Waals surface area (Å²) in [4.78, 5) is 2.44. The zero-order chi connectivity index (χ0) is 15.3. The van der Waals surface area contributed by atoms with Gasteiger partial charge in [0.05, 0.1) is 6.07 Å². The molecule has 0 radical (unpaired) electrons. The number of hydrogen-bond acceptors (Lipinski definition) is 3. The first kappa shape index (κ1) is 17.5. The van der Waals surface area contributed by atoms with Gasteiger partial charge in [0.1, 0.15) is 5.54 Å². The second-order valence-electron chi connectivity index (χ2n) is 7.23. The lowest BCUT2D eigenvalue weighted by atomic mass is 9.85. The van der Waals surface area contributed by atoms with Gasteiger partial charge in [-0.2, -0.15) is 5.26 Å². The number of nitrogens with zero attached hydrogens (tertiary/aromatic N) is 2. The molecular weight excluding hydrogens is 246 g/mol. The molecule has 0 aromatic carbocycles. The van der Waals surface area contributed by atoms with Crippen LogP contribution in [0.3, 0.4) is 0 Å². The maximum atomic E-state index is 9.67. The summed E-state index contributed by atoms with van der Waals surface area (Å²) in [7, 11) is 2.21. The van der Waals surface area contributed by atoms with Crippen molar-refractivity contribution >= 4 is 0 Å². The summed E-state index contributed by atoms with van der Waals surface area (Å²) in [5, 5.41) is 13.2. The van der Waals surface area contributed by atoms with Crippen molar-refractivity contribution in [2.45, 2.75) is 77.9 Å². The Balaban J connectivity index is 2.60. The van der Waals surface area contributed by atoms with Crippen molar-refractivity contribution in [2.24, 2.45) is 11.8 Å². The molecule has 1 saturated carbocycles. The van der Waals surface area contributed by atoms with E-state index < -0.39 is 0 Å². The van der Waals surface area contributed by atoms with Gasteiger partial charge >= 0.3 is 0 Å². The summed E-state index contributed by atoms with van der Waals surface area (Å²) >= 11 is 0. The summed E-state index contributed by atoms with van der Waals surface area (Å²) in [6.07, 6.45) is 4.51. The lowest BCUT2D eigenvalue weighted by Gasteiger charge is -2.34. The van der Waals surface area contributed by atoms with Crippen molar-refractivity contribution in [2.75, 3.05) is 13.6 Å². The maximum absolute atomic E-state index is 9.67. The second-order valence-corrected chi connectivity index (χ2v) is 7.23. The zero-order valence-electron chi connectivity index (χ0n) is 14.2. The highest BCUT2D eigenvalue weighted by Crippen LogP contribution is 2.38. The Morgan fingerprint density at radius 3 is 2.45 bits per heavy atom. The third-order valence-corrected chi connectivity index (χ3v) is 5.06. The quantitative estimate of drug-likeness (QED) is 0.776. The van der Waals surface area contributed by atoms with Crippen molar-refractivity contribution in [1.29, 1.82) is 5.26 Å². The monoisotopic (exact) mass is 279 g/mol. The number of nitriles is 1. The SMILES string of the molecule is CC(C)NC1(C#N)CCCC1CCN(C)C(C)C(C)C. The Hall–Kier alpha value is -0.590. The van der Waals surface area contributed by atoms with E-state index in [1.165, 1.54) is 12.8 Å². The molecule has 1 N–H and O–H groups in total. The van der Waals surface area contributed by atoms with Crippen LogP contribution in [-0.2, 0) is 0 Å². The lowest BCUT2D eigenvalue weighted by molar-refractivity contribution is 0.179. The molecule has 1 rings (SSSR count). The fraction of sp³-hybridized carbons (Fsp3) is 0.941. The van der Waals surface area contributed by atoms with Gasteiger partial charge in [0.2, 0.25) is 0 Å². The predicted molar refractivity (Wildman–Crippen MR) is 85.5 cm³/mol. The molecule has 0 spiro atoms. The molecule has 1 aliphatic rings. The Morgan fingerprint density at radius 2 is 1.95 bits per heavy atom. The van der Waals surface area contributed by atoms with Crippen LogP contribution in [0.25, 0.3) is 0 Å². The minimum atomic E-state index is -0.282. The van der Waals surface area contributed by atoms with Crippen LogP contribution in [0.1, 0.15) is 60.3 Å². The van der Waals surface area contributed by atoms with E-state index >= 15 is 0 Å². The highest BCUT2D eigenvalue weighted by molar-refractivity contribution is 5.14. The molecule has 116 valence electrons. The van der Waals surface area contributed by atoms with Gasteiger partial charge in [-0.1, -0.05) is 20.3 Å². The van der Waals surface area contributed by atoms with Gasteiger partial charge < -0.3 is 4.90 Å². The van der Waals surface area contributed by atoms with Gasteiger partial charge in [-0.05, 0) is 65.5 Å². The largest absolute Gasteiger partial charge is 0.303 e. The highest BCUT2D eigenvalue weighted by Gasteiger charge is 2.43. The van der Waals surface area contributed by atoms with Crippen molar-refractivity contribution in [3.05, 3.63) is 0 Å². The van der Waals surface area contributed by atoms with Crippen LogP contribution < -0.4 is 5.32 Å². The minimum Gasteiger partial charge on any atom is -0.303 e. The normalized spacial score (nSPS) is 28.3. The van der Waals surface area contributed by atoms with E-state index in [0.29, 0.717) is 23.9 Å². The highest BCUT2D eigenvalue weighted by atomic mass is 15.1. The predicted octanol–water partition coefficient (Wildman–Crippen LogP) is 3.41. The molecule has 1 fully saturated rings. The first-order chi connectivity index (χ1) is 9.32. The van der Waals surface area contributed by atoms with Crippen molar-refractivity contribution in [1.82, 2.24) is 10.2 Å². The van der Waals surface area contributed by atoms with E-state index in [0.717, 1.165) is 19.4 Å². The van der Waals surface area contributed by atoms with Crippen molar-refractivity contribution in [3.8, 4) is 6.07 Å². The van der Waals surface area contributed by atoms with E-state index in [2.05, 4.69) is 58.0 Å². The van der Waals surface area contributed by atoms with Crippen LogP contribution in [0.2, 0.25) is 0 Å². The first-order valence-electron chi connectivity index (χ1n) is 8.21. The van der Waals surface area contributed by atoms with Crippen LogP contribution >= 0.6 is 0 Å². The van der Waals surface area contributed by atoms with Gasteiger partial charge in [0, 0.05) is 12.1 Å². The molecule has 0 saturated heterocycles. The number of hydrogen-bond donors (Lipinski definition) is 1. The van der Waals surface area contributed by atoms with Gasteiger partial charge in [-0.3, -0.25) is 5.32 Å². The number of nitrogens with one attached hydrogen (secondary N) is 1. The van der Waals surface area contributed by atoms with Crippen LogP contribution in [0.4, 0.5) is 0 Å². The summed E-state index contributed by atoms with van der Waals surface area (Å²) in [6, 6.07) is 3.59. The van der Waals surface area contributed by atoms with Crippen LogP contribution in [-0.4, -0.2) is 36.1 Å². The minimum absolute atomic E-state index is 0.282. The zero-order valence-corrected chi connectivity index (χ0v) is 14.2. The van der Waals surface area contributed by atoms with Crippen molar-refractivity contribution in [3.63, 3.8) is 0 Å². The van der Waals surface area contributed by atoms with Gasteiger partial charge in [0.25, 0.3) is 0 Å². The van der Waals surface area contributed by atoms with E-state index in [1.807, 2.05) is 0 Å². The molecule has 0 aromatic rings. The standard InChI is InChI=1S/C17H33N3/c1-13(2)15(5)20(6)11-9-16-8-7-10-17(16,12-18)19-14(3)4/h13-16,19H,7-11H2,1-6H3. The van der Waals surface area contributed by atoms with Crippen molar-refractivity contribution < 1.29 is 0 Å². The smallest absolute Gasteiger partial charge is 0.109 e. The Morgan fingerprint density at radius 1 is 1.30 bits per heavy atom. The Labute approximate surface area is 125 Å². The molecule has 3 atom stereocenters. The van der Waals surface area contributed by atoms with Crippen LogP contribution in [0.15, 0.2) is 0 Å². The fourth-order valence-electron chi connectivity index (χ4n) is 3.43. The first-order valence-corrected chi connectivity index (χ1v) is 8.21. The number of rotatable bonds is 7. The molecule has 20 heavy (non-hydrogen) atoms. The average molecular weight is 279 g/mol. The fourth-order valence-corrected chi connectivity index (χ4v) is 3.43. The van der Waals surface area contributed by atoms with E-state index in [9.17, 15) is 5.26 Å². The summed E-state index contributed by atoms with van der Waals surface area (Å²) in [6.45, 7) is 12.2. The molecule has 0 amide bonds. The van der Waals surface area contributed by atoms with E-state index in [4.69, 9.17) is 0 Å². The van der Waals surface area contributed by atoms with Gasteiger partial charge in [-0.15, -0.1) is 0 Å². The van der Waals surface area contributed by atoms with E-state index in [1.54, 1.807) is 0 Å². The molecular formula is C17H33N3. The lowest BCUT2D eigenvalue weighted by Crippen LogP contribution is -2.51. The molecule has 0 bridgehead atoms. The topological polar surface area (TPSA) is 39.1 Å². The van der Waals surface area contributed by atoms with Gasteiger partial charge in [-0.25, -0.2) is 0 Å². The molecule has 1 aliphatic carbocycles. The molecule has 3 unspecified atom stereocenters. The Kier molecular flexibility index (Phi) is 6.48. The van der Waals surface area contributed by atoms with Crippen LogP contribution in [0.5, 0.6) is 0 Å². The Bertz CT molecular complexity index is 332. The molecule has 3 heteroatoms. The second kappa shape index (κ2) is 7.43. The third-order valence-electron chi connectivity index (χ3n) is 5.06. The molecule has 0 aromatic heterocycles. The van der Waals surface area contributed by atoms with Gasteiger partial charge in [0.15, 0.2) is 0 Å². The molecule has 0 heterocycles. The summed E-state index contributed by atoms with van der Waals surface area (Å²) in [5.41, 5.74) is -0.282. The maximum Gasteiger partial charge on any atom is 0.109 e. The third kappa shape index (κ3) is 4.20. The summed E-state index contributed by atoms with van der Waals surface area (Å²) in [5.74, 6) is 1.18. The molecule has 3 nitrogen and oxygen atoms in total. The average Bonchev–Trinajstić information content (AvgIpc) is 2.77. The van der Waals surface area contributed by atoms with Crippen LogP contribution in [0, 0.1) is 23.2 Å². The van der Waals surface area contributed by atoms with E-state index in [-0.39, 0.29) is 5.54 Å².